The van der Waals surface area contributed by atoms with E-state index in [1.165, 1.54) is 0 Å². The van der Waals surface area contributed by atoms with E-state index in [-0.39, 0.29) is 22.6 Å². The molecule has 1 aliphatic rings. The first-order chi connectivity index (χ1) is 19.1. The maximum Gasteiger partial charge on any atom is 0.261 e. The van der Waals surface area contributed by atoms with Gasteiger partial charge in [-0.1, -0.05) is 52.6 Å². The van der Waals surface area contributed by atoms with Gasteiger partial charge in [-0.2, -0.15) is 0 Å². The Morgan fingerprint density at radius 1 is 1.07 bits per heavy atom. The van der Waals surface area contributed by atoms with Crippen LogP contribution in [-0.2, 0) is 6.42 Å². The van der Waals surface area contributed by atoms with Crippen molar-refractivity contribution in [1.82, 2.24) is 10.5 Å². The highest BCUT2D eigenvalue weighted by molar-refractivity contribution is 6.39. The van der Waals surface area contributed by atoms with Crippen molar-refractivity contribution in [3.63, 3.8) is 0 Å². The van der Waals surface area contributed by atoms with Crippen molar-refractivity contribution in [1.29, 1.82) is 0 Å². The fourth-order valence-electron chi connectivity index (χ4n) is 4.85. The zero-order valence-electron chi connectivity index (χ0n) is 22.4. The van der Waals surface area contributed by atoms with Crippen LogP contribution >= 0.6 is 23.2 Å². The number of aryl methyl sites for hydroxylation is 1. The number of carbonyl (C=O) groups is 2. The highest BCUT2D eigenvalue weighted by Gasteiger charge is 2.29. The lowest BCUT2D eigenvalue weighted by molar-refractivity contribution is 0.102. The maximum absolute atomic E-state index is 13.4. The van der Waals surface area contributed by atoms with Gasteiger partial charge in [0.2, 0.25) is 0 Å². The lowest BCUT2D eigenvalue weighted by atomic mass is 9.85. The predicted molar refractivity (Wildman–Crippen MR) is 157 cm³/mol. The third-order valence-electron chi connectivity index (χ3n) is 6.68. The third kappa shape index (κ3) is 5.48. The van der Waals surface area contributed by atoms with Crippen LogP contribution in [0.25, 0.3) is 17.0 Å². The summed E-state index contributed by atoms with van der Waals surface area (Å²) in [5.74, 6) is 0.337. The van der Waals surface area contributed by atoms with Crippen molar-refractivity contribution < 1.29 is 18.8 Å². The smallest absolute Gasteiger partial charge is 0.261 e. The summed E-state index contributed by atoms with van der Waals surface area (Å²) in [7, 11) is 1.61. The number of ether oxygens (including phenoxy) is 1. The summed E-state index contributed by atoms with van der Waals surface area (Å²) < 4.78 is 10.7. The molecule has 1 aliphatic heterocycles. The number of fused-ring (bicyclic) bond motifs is 1. The third-order valence-corrected chi connectivity index (χ3v) is 7.31. The van der Waals surface area contributed by atoms with Gasteiger partial charge in [0.15, 0.2) is 5.78 Å². The van der Waals surface area contributed by atoms with Crippen LogP contribution in [0.5, 0.6) is 5.75 Å². The number of ketones is 1. The molecular formula is C31H27Cl2N3O4. The molecule has 0 aliphatic carbocycles. The molecule has 0 unspecified atom stereocenters. The maximum atomic E-state index is 13.4. The lowest BCUT2D eigenvalue weighted by Gasteiger charge is -2.35. The number of amides is 1. The molecule has 0 radical (unpaired) electrons. The zero-order valence-corrected chi connectivity index (χ0v) is 23.9. The van der Waals surface area contributed by atoms with E-state index in [9.17, 15) is 9.59 Å². The van der Waals surface area contributed by atoms with Gasteiger partial charge in [0.1, 0.15) is 22.8 Å². The van der Waals surface area contributed by atoms with E-state index in [2.05, 4.69) is 29.6 Å². The minimum Gasteiger partial charge on any atom is -0.497 e. The molecule has 5 rings (SSSR count). The summed E-state index contributed by atoms with van der Waals surface area (Å²) in [4.78, 5) is 26.8. The van der Waals surface area contributed by atoms with E-state index in [0.717, 1.165) is 17.5 Å². The zero-order chi connectivity index (χ0) is 28.6. The number of nitrogens with zero attached hydrogens (tertiary/aromatic N) is 1. The Bertz CT molecular complexity index is 1650. The Hall–Kier alpha value is -4.07. The van der Waals surface area contributed by atoms with Gasteiger partial charge in [-0.05, 0) is 69.2 Å². The van der Waals surface area contributed by atoms with Gasteiger partial charge in [-0.15, -0.1) is 0 Å². The van der Waals surface area contributed by atoms with E-state index in [4.69, 9.17) is 32.5 Å². The number of aromatic nitrogens is 1. The molecular weight excluding hydrogens is 549 g/mol. The van der Waals surface area contributed by atoms with Crippen LogP contribution in [0.4, 0.5) is 5.69 Å². The number of halogens is 2. The van der Waals surface area contributed by atoms with Crippen molar-refractivity contribution in [3.8, 4) is 17.0 Å². The number of hydrogen-bond acceptors (Lipinski definition) is 6. The minimum absolute atomic E-state index is 0.202. The van der Waals surface area contributed by atoms with Gasteiger partial charge in [0.05, 0.1) is 17.2 Å². The summed E-state index contributed by atoms with van der Waals surface area (Å²) in [6.45, 7) is 5.81. The molecule has 0 bridgehead atoms. The molecule has 7 nitrogen and oxygen atoms in total. The van der Waals surface area contributed by atoms with Gasteiger partial charge >= 0.3 is 0 Å². The second kappa shape index (κ2) is 10.8. The molecule has 9 heteroatoms. The van der Waals surface area contributed by atoms with Crippen molar-refractivity contribution in [2.75, 3.05) is 12.4 Å². The number of anilines is 1. The molecule has 0 saturated carbocycles. The number of allylic oxidation sites excluding steroid dienone is 1. The average molecular weight is 576 g/mol. The summed E-state index contributed by atoms with van der Waals surface area (Å²) in [5, 5.41) is 11.1. The number of hydrogen-bond donors (Lipinski definition) is 2. The van der Waals surface area contributed by atoms with E-state index >= 15 is 0 Å². The Morgan fingerprint density at radius 2 is 1.80 bits per heavy atom. The van der Waals surface area contributed by atoms with E-state index in [1.54, 1.807) is 62.6 Å². The average Bonchev–Trinajstić information content (AvgIpc) is 3.28. The number of benzene rings is 3. The molecule has 0 fully saturated rings. The van der Waals surface area contributed by atoms with E-state index in [1.807, 2.05) is 18.2 Å². The van der Waals surface area contributed by atoms with Crippen LogP contribution in [0.15, 0.2) is 71.3 Å². The lowest BCUT2D eigenvalue weighted by Crippen LogP contribution is -2.43. The van der Waals surface area contributed by atoms with Gasteiger partial charge in [0.25, 0.3) is 5.91 Å². The Kier molecular flexibility index (Phi) is 7.45. The van der Waals surface area contributed by atoms with Crippen LogP contribution in [0, 0.1) is 6.92 Å². The normalized spacial score (nSPS) is 14.8. The Balaban J connectivity index is 1.43. The largest absolute Gasteiger partial charge is 0.497 e. The van der Waals surface area contributed by atoms with Crippen molar-refractivity contribution in [2.45, 2.75) is 32.7 Å². The van der Waals surface area contributed by atoms with Crippen molar-refractivity contribution in [3.05, 3.63) is 105 Å². The molecule has 1 amide bonds. The molecule has 1 aromatic heterocycles. The van der Waals surface area contributed by atoms with Crippen molar-refractivity contribution in [2.24, 2.45) is 0 Å². The number of nitrogens with one attached hydrogen (secondary N) is 2. The second-order valence-electron chi connectivity index (χ2n) is 10.2. The Labute approximate surface area is 242 Å². The summed E-state index contributed by atoms with van der Waals surface area (Å²) in [6, 6.07) is 17.7. The number of rotatable bonds is 6. The van der Waals surface area contributed by atoms with Crippen LogP contribution < -0.4 is 15.4 Å². The molecule has 0 atom stereocenters. The van der Waals surface area contributed by atoms with Crippen molar-refractivity contribution >= 4 is 46.3 Å². The second-order valence-corrected chi connectivity index (χ2v) is 11.0. The topological polar surface area (TPSA) is 93.5 Å². The van der Waals surface area contributed by atoms with Crippen LogP contribution in [-0.4, -0.2) is 29.5 Å². The van der Waals surface area contributed by atoms with Gasteiger partial charge in [-0.25, -0.2) is 0 Å². The predicted octanol–water partition coefficient (Wildman–Crippen LogP) is 7.37. The highest BCUT2D eigenvalue weighted by Crippen LogP contribution is 2.37. The molecule has 40 heavy (non-hydrogen) atoms. The molecule has 204 valence electrons. The summed E-state index contributed by atoms with van der Waals surface area (Å²) in [6.07, 6.45) is 2.39. The Morgan fingerprint density at radius 3 is 2.52 bits per heavy atom. The number of carbonyl (C=O) groups excluding carboxylic acids is 2. The number of methoxy groups -OCH3 is 1. The molecule has 3 aromatic carbocycles. The quantitative estimate of drug-likeness (QED) is 0.184. The molecule has 2 heterocycles. The summed E-state index contributed by atoms with van der Waals surface area (Å²) >= 11 is 12.7. The fraction of sp³-hybridized carbons (Fsp3) is 0.194. The first-order valence-electron chi connectivity index (χ1n) is 12.6. The highest BCUT2D eigenvalue weighted by atomic mass is 35.5. The summed E-state index contributed by atoms with van der Waals surface area (Å²) in [5.41, 5.74) is 4.22. The van der Waals surface area contributed by atoms with E-state index in [0.29, 0.717) is 44.1 Å². The van der Waals surface area contributed by atoms with Crippen LogP contribution in [0.2, 0.25) is 10.0 Å². The fourth-order valence-corrected chi connectivity index (χ4v) is 5.42. The first-order valence-corrected chi connectivity index (χ1v) is 13.4. The SMILES string of the molecule is COc1ccc2c(c1)/C(=C/C(=O)c1cccc(NC(=O)c3c(-c4c(Cl)cccc4Cl)noc3C)c1)NC(C)(C)C2. The first kappa shape index (κ1) is 27.5. The molecule has 4 aromatic rings. The standard InChI is InChI=1S/C31H27Cl2N3O4/c1-17-27(29(36-40-17)28-23(32)9-6-10-24(28)33)30(38)34-20-8-5-7-18(13-20)26(37)15-25-22-14-21(39-4)12-11-19(22)16-31(2,3)35-25/h5-15,35H,16H2,1-4H3,(H,34,38)/b25-15-. The molecule has 0 spiro atoms. The van der Waals surface area contributed by atoms with Gasteiger partial charge in [-0.3, -0.25) is 9.59 Å². The molecule has 2 N–H and O–H groups in total. The minimum atomic E-state index is -0.468. The van der Waals surface area contributed by atoms with Crippen LogP contribution in [0.3, 0.4) is 0 Å². The molecule has 0 saturated heterocycles. The van der Waals surface area contributed by atoms with Gasteiger partial charge in [0, 0.05) is 39.7 Å². The van der Waals surface area contributed by atoms with E-state index < -0.39 is 5.91 Å². The monoisotopic (exact) mass is 575 g/mol. The van der Waals surface area contributed by atoms with Crippen LogP contribution in [0.1, 0.15) is 51.5 Å². The van der Waals surface area contributed by atoms with Gasteiger partial charge < -0.3 is 19.9 Å².